The third kappa shape index (κ3) is 2.55. The number of thioether (sulfide) groups is 1. The van der Waals surface area contributed by atoms with E-state index in [1.807, 2.05) is 31.2 Å². The summed E-state index contributed by atoms with van der Waals surface area (Å²) in [5.41, 5.74) is 7.75. The van der Waals surface area contributed by atoms with Gasteiger partial charge < -0.3 is 5.73 Å². The van der Waals surface area contributed by atoms with Gasteiger partial charge in [0, 0.05) is 0 Å². The number of hydrogen-bond donors (Lipinski definition) is 1. The van der Waals surface area contributed by atoms with Gasteiger partial charge in [0.05, 0.1) is 22.0 Å². The number of nitrogens with zero attached hydrogens (tertiary/aromatic N) is 2. The lowest BCUT2D eigenvalue weighted by atomic mass is 10.3. The summed E-state index contributed by atoms with van der Waals surface area (Å²) in [7, 11) is 0. The van der Waals surface area contributed by atoms with Gasteiger partial charge in [-0.25, -0.2) is 9.97 Å². The lowest BCUT2D eigenvalue weighted by molar-refractivity contribution is -0.117. The summed E-state index contributed by atoms with van der Waals surface area (Å²) in [5, 5.41) is 0.458. The number of carbonyl (C=O) groups is 1. The molecule has 0 saturated heterocycles. The zero-order valence-corrected chi connectivity index (χ0v) is 10.5. The van der Waals surface area contributed by atoms with Gasteiger partial charge >= 0.3 is 0 Å². The molecule has 0 fully saturated rings. The van der Waals surface area contributed by atoms with Crippen molar-refractivity contribution in [2.24, 2.45) is 5.73 Å². The highest BCUT2D eigenvalue weighted by Gasteiger charge is 2.14. The smallest absolute Gasteiger partial charge is 0.230 e. The number of aromatic nitrogens is 2. The SMILES string of the molecule is Cc1nc2ccccc2nc1S[C@@H](C)C(N)=O. The standard InChI is InChI=1S/C12H13N3OS/c1-7-12(17-8(2)11(13)16)15-10-6-4-3-5-9(10)14-7/h3-6,8H,1-2H3,(H2,13,16)/t8-/m0/s1. The van der Waals surface area contributed by atoms with E-state index in [1.54, 1.807) is 6.92 Å². The van der Waals surface area contributed by atoms with Gasteiger partial charge in [0.15, 0.2) is 0 Å². The zero-order chi connectivity index (χ0) is 12.4. The second-order valence-electron chi connectivity index (χ2n) is 3.77. The number of fused-ring (bicyclic) bond motifs is 1. The van der Waals surface area contributed by atoms with Crippen molar-refractivity contribution in [2.75, 3.05) is 0 Å². The lowest BCUT2D eigenvalue weighted by Gasteiger charge is -2.09. The fourth-order valence-corrected chi connectivity index (χ4v) is 2.23. The van der Waals surface area contributed by atoms with Crippen LogP contribution in [0.1, 0.15) is 12.6 Å². The van der Waals surface area contributed by atoms with Crippen LogP contribution in [0.2, 0.25) is 0 Å². The van der Waals surface area contributed by atoms with Gasteiger partial charge in [-0.15, -0.1) is 0 Å². The number of aryl methyl sites for hydroxylation is 1. The zero-order valence-electron chi connectivity index (χ0n) is 9.68. The highest BCUT2D eigenvalue weighted by molar-refractivity contribution is 8.00. The van der Waals surface area contributed by atoms with E-state index in [0.29, 0.717) is 0 Å². The maximum absolute atomic E-state index is 11.0. The predicted molar refractivity (Wildman–Crippen MR) is 68.8 cm³/mol. The van der Waals surface area contributed by atoms with Crippen molar-refractivity contribution in [2.45, 2.75) is 24.1 Å². The molecule has 17 heavy (non-hydrogen) atoms. The number of rotatable bonds is 3. The summed E-state index contributed by atoms with van der Waals surface area (Å²) in [4.78, 5) is 20.0. The van der Waals surface area contributed by atoms with Crippen LogP contribution in [0.25, 0.3) is 11.0 Å². The molecule has 0 bridgehead atoms. The summed E-state index contributed by atoms with van der Waals surface area (Å²) in [6.07, 6.45) is 0. The minimum Gasteiger partial charge on any atom is -0.369 e. The van der Waals surface area contributed by atoms with Crippen LogP contribution in [0.4, 0.5) is 0 Å². The molecule has 1 aromatic carbocycles. The van der Waals surface area contributed by atoms with Crippen LogP contribution >= 0.6 is 11.8 Å². The highest BCUT2D eigenvalue weighted by Crippen LogP contribution is 2.25. The van der Waals surface area contributed by atoms with Gasteiger partial charge in [0.2, 0.25) is 5.91 Å². The van der Waals surface area contributed by atoms with Crippen molar-refractivity contribution in [3.63, 3.8) is 0 Å². The Morgan fingerprint density at radius 3 is 2.47 bits per heavy atom. The summed E-state index contributed by atoms with van der Waals surface area (Å²) < 4.78 is 0. The molecule has 0 aliphatic carbocycles. The van der Waals surface area contributed by atoms with E-state index >= 15 is 0 Å². The van der Waals surface area contributed by atoms with Crippen molar-refractivity contribution in [1.29, 1.82) is 0 Å². The van der Waals surface area contributed by atoms with E-state index < -0.39 is 0 Å². The van der Waals surface area contributed by atoms with Crippen molar-refractivity contribution < 1.29 is 4.79 Å². The Morgan fingerprint density at radius 2 is 1.88 bits per heavy atom. The van der Waals surface area contributed by atoms with Crippen molar-refractivity contribution >= 4 is 28.7 Å². The number of primary amides is 1. The highest BCUT2D eigenvalue weighted by atomic mass is 32.2. The van der Waals surface area contributed by atoms with Crippen LogP contribution in [0.15, 0.2) is 29.3 Å². The van der Waals surface area contributed by atoms with E-state index in [9.17, 15) is 4.79 Å². The van der Waals surface area contributed by atoms with Gasteiger partial charge in [0.1, 0.15) is 5.03 Å². The molecule has 2 N–H and O–H groups in total. The number of nitrogens with two attached hydrogens (primary N) is 1. The Morgan fingerprint density at radius 1 is 1.29 bits per heavy atom. The van der Waals surface area contributed by atoms with E-state index in [-0.39, 0.29) is 11.2 Å². The molecule has 1 atom stereocenters. The van der Waals surface area contributed by atoms with E-state index in [2.05, 4.69) is 9.97 Å². The maximum atomic E-state index is 11.0. The van der Waals surface area contributed by atoms with E-state index in [4.69, 9.17) is 5.73 Å². The molecule has 0 saturated carbocycles. The van der Waals surface area contributed by atoms with Crippen molar-refractivity contribution in [1.82, 2.24) is 9.97 Å². The van der Waals surface area contributed by atoms with Crippen LogP contribution in [0, 0.1) is 6.92 Å². The molecule has 1 aromatic heterocycles. The second-order valence-corrected chi connectivity index (χ2v) is 5.09. The molecule has 0 aliphatic rings. The van der Waals surface area contributed by atoms with E-state index in [0.717, 1.165) is 21.8 Å². The predicted octanol–water partition coefficient (Wildman–Crippen LogP) is 1.90. The molecule has 1 heterocycles. The molecular weight excluding hydrogens is 234 g/mol. The first-order valence-corrected chi connectivity index (χ1v) is 6.15. The van der Waals surface area contributed by atoms with E-state index in [1.165, 1.54) is 11.8 Å². The largest absolute Gasteiger partial charge is 0.369 e. The number of amides is 1. The topological polar surface area (TPSA) is 68.9 Å². The minimum absolute atomic E-state index is 0.302. The Labute approximate surface area is 104 Å². The first-order chi connectivity index (χ1) is 8.08. The molecular formula is C12H13N3OS. The number of hydrogen-bond acceptors (Lipinski definition) is 4. The molecule has 0 spiro atoms. The summed E-state index contributed by atoms with van der Waals surface area (Å²) in [6.45, 7) is 3.65. The first kappa shape index (κ1) is 11.9. The molecule has 2 rings (SSSR count). The van der Waals surface area contributed by atoms with Crippen LogP contribution in [-0.4, -0.2) is 21.1 Å². The molecule has 4 nitrogen and oxygen atoms in total. The molecule has 2 aromatic rings. The van der Waals surface area contributed by atoms with Gasteiger partial charge in [-0.2, -0.15) is 0 Å². The number of carbonyl (C=O) groups excluding carboxylic acids is 1. The first-order valence-electron chi connectivity index (χ1n) is 5.27. The minimum atomic E-state index is -0.343. The summed E-state index contributed by atoms with van der Waals surface area (Å²) >= 11 is 1.34. The monoisotopic (exact) mass is 247 g/mol. The summed E-state index contributed by atoms with van der Waals surface area (Å²) in [5.74, 6) is -0.343. The number of benzene rings is 1. The molecule has 0 unspecified atom stereocenters. The maximum Gasteiger partial charge on any atom is 0.230 e. The molecule has 1 amide bonds. The van der Waals surface area contributed by atoms with Crippen LogP contribution in [0.3, 0.4) is 0 Å². The Bertz CT molecular complexity index is 571. The molecule has 5 heteroatoms. The molecule has 88 valence electrons. The average molecular weight is 247 g/mol. The Kier molecular flexibility index (Phi) is 3.28. The van der Waals surface area contributed by atoms with Gasteiger partial charge in [-0.3, -0.25) is 4.79 Å². The third-order valence-electron chi connectivity index (χ3n) is 2.39. The molecule has 0 radical (unpaired) electrons. The van der Waals surface area contributed by atoms with Crippen LogP contribution in [0.5, 0.6) is 0 Å². The Balaban J connectivity index is 2.40. The Hall–Kier alpha value is -1.62. The molecule has 0 aliphatic heterocycles. The number of para-hydroxylation sites is 2. The lowest BCUT2D eigenvalue weighted by Crippen LogP contribution is -2.22. The van der Waals surface area contributed by atoms with Gasteiger partial charge in [-0.05, 0) is 26.0 Å². The van der Waals surface area contributed by atoms with Crippen LogP contribution in [-0.2, 0) is 4.79 Å². The normalized spacial score (nSPS) is 12.6. The van der Waals surface area contributed by atoms with Crippen molar-refractivity contribution in [3.8, 4) is 0 Å². The second kappa shape index (κ2) is 4.71. The average Bonchev–Trinajstić information content (AvgIpc) is 2.29. The quantitative estimate of drug-likeness (QED) is 0.841. The summed E-state index contributed by atoms with van der Waals surface area (Å²) in [6, 6.07) is 7.66. The third-order valence-corrected chi connectivity index (χ3v) is 3.59. The van der Waals surface area contributed by atoms with Crippen molar-refractivity contribution in [3.05, 3.63) is 30.0 Å². The van der Waals surface area contributed by atoms with Crippen LogP contribution < -0.4 is 5.73 Å². The van der Waals surface area contributed by atoms with Gasteiger partial charge in [0.25, 0.3) is 0 Å². The van der Waals surface area contributed by atoms with Gasteiger partial charge in [-0.1, -0.05) is 23.9 Å². The fraction of sp³-hybridized carbons (Fsp3) is 0.250. The fourth-order valence-electron chi connectivity index (χ4n) is 1.41.